The molecule has 0 spiro atoms. The number of rotatable bonds is 4. The lowest BCUT2D eigenvalue weighted by atomic mass is 10.1. The fourth-order valence-electron chi connectivity index (χ4n) is 1.89. The van der Waals surface area contributed by atoms with Crippen LogP contribution in [0.2, 0.25) is 0 Å². The molecule has 21 heavy (non-hydrogen) atoms. The molecule has 0 aliphatic heterocycles. The van der Waals surface area contributed by atoms with Crippen LogP contribution in [0, 0.1) is 0 Å². The summed E-state index contributed by atoms with van der Waals surface area (Å²) in [6.07, 6.45) is 1.76. The molecule has 0 bridgehead atoms. The van der Waals surface area contributed by atoms with Gasteiger partial charge in [0.15, 0.2) is 5.16 Å². The number of hydrogen-bond acceptors (Lipinski definition) is 4. The molecule has 3 rings (SSSR count). The van der Waals surface area contributed by atoms with E-state index in [1.54, 1.807) is 6.20 Å². The molecule has 4 nitrogen and oxygen atoms in total. The van der Waals surface area contributed by atoms with Crippen LogP contribution in [0.3, 0.4) is 0 Å². The second kappa shape index (κ2) is 6.37. The number of thioether (sulfide) groups is 1. The van der Waals surface area contributed by atoms with Crippen molar-refractivity contribution in [3.8, 4) is 11.3 Å². The highest BCUT2D eigenvalue weighted by Gasteiger charge is 2.05. The lowest BCUT2D eigenvalue weighted by Gasteiger charge is -2.04. The molecule has 104 valence electrons. The molecular formula is C16H13N3OS. The first-order valence-corrected chi connectivity index (χ1v) is 7.49. The third kappa shape index (κ3) is 3.58. The van der Waals surface area contributed by atoms with Crippen molar-refractivity contribution in [2.45, 2.75) is 10.9 Å². The van der Waals surface area contributed by atoms with Gasteiger partial charge in [-0.1, -0.05) is 48.2 Å². The van der Waals surface area contributed by atoms with Crippen LogP contribution in [-0.4, -0.2) is 15.0 Å². The molecule has 0 unspecified atom stereocenters. The zero-order chi connectivity index (χ0) is 14.5. The first kappa shape index (κ1) is 13.6. The van der Waals surface area contributed by atoms with E-state index in [-0.39, 0.29) is 5.56 Å². The lowest BCUT2D eigenvalue weighted by molar-refractivity contribution is 0.941. The lowest BCUT2D eigenvalue weighted by Crippen LogP contribution is -2.08. The van der Waals surface area contributed by atoms with E-state index in [0.29, 0.717) is 16.6 Å². The van der Waals surface area contributed by atoms with Crippen molar-refractivity contribution in [2.24, 2.45) is 0 Å². The van der Waals surface area contributed by atoms with Crippen LogP contribution in [0.5, 0.6) is 0 Å². The normalized spacial score (nSPS) is 10.5. The zero-order valence-electron chi connectivity index (χ0n) is 11.2. The summed E-state index contributed by atoms with van der Waals surface area (Å²) in [5, 5.41) is 0.604. The van der Waals surface area contributed by atoms with E-state index in [2.05, 4.69) is 15.0 Å². The fourth-order valence-corrected chi connectivity index (χ4v) is 2.68. The van der Waals surface area contributed by atoms with Gasteiger partial charge in [0.25, 0.3) is 5.56 Å². The Kier molecular flexibility index (Phi) is 4.12. The smallest absolute Gasteiger partial charge is 0.252 e. The van der Waals surface area contributed by atoms with E-state index in [4.69, 9.17) is 0 Å². The van der Waals surface area contributed by atoms with Crippen molar-refractivity contribution in [3.05, 3.63) is 76.8 Å². The maximum atomic E-state index is 11.8. The molecular weight excluding hydrogens is 282 g/mol. The van der Waals surface area contributed by atoms with Crippen molar-refractivity contribution >= 4 is 11.8 Å². The summed E-state index contributed by atoms with van der Waals surface area (Å²) < 4.78 is 0. The van der Waals surface area contributed by atoms with E-state index in [0.717, 1.165) is 11.3 Å². The maximum absolute atomic E-state index is 11.8. The highest BCUT2D eigenvalue weighted by molar-refractivity contribution is 7.98. The van der Waals surface area contributed by atoms with Crippen LogP contribution in [0.1, 0.15) is 5.69 Å². The van der Waals surface area contributed by atoms with E-state index in [1.165, 1.54) is 17.8 Å². The van der Waals surface area contributed by atoms with E-state index >= 15 is 0 Å². The Balaban J connectivity index is 1.83. The standard InChI is InChI=1S/C16H13N3OS/c20-15-10-14(12-6-2-1-3-7-12)18-16(19-15)21-11-13-8-4-5-9-17-13/h1-10H,11H2,(H,18,19,20). The highest BCUT2D eigenvalue weighted by Crippen LogP contribution is 2.20. The van der Waals surface area contributed by atoms with E-state index in [9.17, 15) is 4.79 Å². The molecule has 1 N–H and O–H groups in total. The predicted octanol–water partition coefficient (Wildman–Crippen LogP) is 3.12. The average molecular weight is 295 g/mol. The topological polar surface area (TPSA) is 58.6 Å². The monoisotopic (exact) mass is 295 g/mol. The number of benzene rings is 1. The Hall–Kier alpha value is -2.40. The molecule has 0 fully saturated rings. The van der Waals surface area contributed by atoms with Gasteiger partial charge in [0, 0.05) is 23.6 Å². The summed E-state index contributed by atoms with van der Waals surface area (Å²) in [6.45, 7) is 0. The summed E-state index contributed by atoms with van der Waals surface area (Å²) in [5.74, 6) is 0.669. The third-order valence-electron chi connectivity index (χ3n) is 2.87. The molecule has 0 aliphatic carbocycles. The van der Waals surface area contributed by atoms with E-state index in [1.807, 2.05) is 48.5 Å². The second-order valence-corrected chi connectivity index (χ2v) is 5.38. The molecule has 0 aliphatic rings. The minimum atomic E-state index is -0.146. The van der Waals surface area contributed by atoms with Crippen molar-refractivity contribution in [2.75, 3.05) is 0 Å². The number of pyridine rings is 1. The highest BCUT2D eigenvalue weighted by atomic mass is 32.2. The van der Waals surface area contributed by atoms with Gasteiger partial charge >= 0.3 is 0 Å². The van der Waals surface area contributed by atoms with E-state index < -0.39 is 0 Å². The van der Waals surface area contributed by atoms with Crippen LogP contribution in [-0.2, 0) is 5.75 Å². The second-order valence-electron chi connectivity index (χ2n) is 4.41. The van der Waals surface area contributed by atoms with Crippen molar-refractivity contribution in [1.82, 2.24) is 15.0 Å². The molecule has 2 heterocycles. The molecule has 5 heteroatoms. The Labute approximate surface area is 126 Å². The van der Waals surface area contributed by atoms with Crippen LogP contribution in [0.4, 0.5) is 0 Å². The predicted molar refractivity (Wildman–Crippen MR) is 84.1 cm³/mol. The van der Waals surface area contributed by atoms with Gasteiger partial charge in [0.1, 0.15) is 0 Å². The number of nitrogens with zero attached hydrogens (tertiary/aromatic N) is 2. The first-order valence-electron chi connectivity index (χ1n) is 6.51. The minimum absolute atomic E-state index is 0.146. The zero-order valence-corrected chi connectivity index (χ0v) is 12.0. The number of hydrogen-bond donors (Lipinski definition) is 1. The number of aromatic amines is 1. The molecule has 0 amide bonds. The largest absolute Gasteiger partial charge is 0.301 e. The summed E-state index contributed by atoms with van der Waals surface area (Å²) >= 11 is 1.47. The van der Waals surface area contributed by atoms with Gasteiger partial charge in [-0.15, -0.1) is 0 Å². The van der Waals surface area contributed by atoms with Gasteiger partial charge in [0.05, 0.1) is 11.4 Å². The van der Waals surface area contributed by atoms with Crippen molar-refractivity contribution in [3.63, 3.8) is 0 Å². The Morgan fingerprint density at radius 3 is 2.62 bits per heavy atom. The number of aromatic nitrogens is 3. The average Bonchev–Trinajstić information content (AvgIpc) is 2.54. The molecule has 0 atom stereocenters. The summed E-state index contributed by atoms with van der Waals surface area (Å²) in [5.41, 5.74) is 2.42. The summed E-state index contributed by atoms with van der Waals surface area (Å²) in [7, 11) is 0. The Morgan fingerprint density at radius 2 is 1.86 bits per heavy atom. The molecule has 0 saturated carbocycles. The quantitative estimate of drug-likeness (QED) is 0.593. The van der Waals surface area contributed by atoms with Crippen molar-refractivity contribution in [1.29, 1.82) is 0 Å². The van der Waals surface area contributed by atoms with Gasteiger partial charge < -0.3 is 4.98 Å². The molecule has 1 aromatic carbocycles. The molecule has 0 radical (unpaired) electrons. The Morgan fingerprint density at radius 1 is 1.05 bits per heavy atom. The SMILES string of the molecule is O=c1cc(-c2ccccc2)nc(SCc2ccccn2)[nH]1. The number of H-pyrrole nitrogens is 1. The van der Waals surface area contributed by atoms with Crippen LogP contribution in [0.25, 0.3) is 11.3 Å². The van der Waals surface area contributed by atoms with Gasteiger partial charge in [-0.2, -0.15) is 0 Å². The van der Waals surface area contributed by atoms with Crippen molar-refractivity contribution < 1.29 is 0 Å². The van der Waals surface area contributed by atoms with Gasteiger partial charge in [0.2, 0.25) is 0 Å². The van der Waals surface area contributed by atoms with Crippen LogP contribution < -0.4 is 5.56 Å². The van der Waals surface area contributed by atoms with Gasteiger partial charge in [-0.25, -0.2) is 4.98 Å². The van der Waals surface area contributed by atoms with Crippen LogP contribution >= 0.6 is 11.8 Å². The molecule has 0 saturated heterocycles. The van der Waals surface area contributed by atoms with Gasteiger partial charge in [-0.3, -0.25) is 9.78 Å². The summed E-state index contributed by atoms with van der Waals surface area (Å²) in [4.78, 5) is 23.3. The first-order chi connectivity index (χ1) is 10.3. The molecule has 2 aromatic heterocycles. The third-order valence-corrected chi connectivity index (χ3v) is 3.78. The number of nitrogens with one attached hydrogen (secondary N) is 1. The maximum Gasteiger partial charge on any atom is 0.252 e. The summed E-state index contributed by atoms with van der Waals surface area (Å²) in [6, 6.07) is 17.0. The fraction of sp³-hybridized carbons (Fsp3) is 0.0625. The minimum Gasteiger partial charge on any atom is -0.301 e. The van der Waals surface area contributed by atoms with Crippen LogP contribution in [0.15, 0.2) is 70.7 Å². The van der Waals surface area contributed by atoms with Gasteiger partial charge in [-0.05, 0) is 12.1 Å². The molecule has 3 aromatic rings. The Bertz CT molecular complexity index is 772.